The molecule has 1 aliphatic carbocycles. The lowest BCUT2D eigenvalue weighted by atomic mass is 9.79. The first-order valence-electron chi connectivity index (χ1n) is 11.9. The summed E-state index contributed by atoms with van der Waals surface area (Å²) in [6.45, 7) is 8.72. The molecule has 1 saturated heterocycles. The SMILES string of the molecule is CCN(CC(=O)NCC1(N2CCOCC2)CCCCC1)CC1COc2ccccc2O1. The number of hydrogen-bond acceptors (Lipinski definition) is 6. The van der Waals surface area contributed by atoms with Crippen molar-refractivity contribution in [3.63, 3.8) is 0 Å². The van der Waals surface area contributed by atoms with E-state index in [-0.39, 0.29) is 17.6 Å². The third kappa shape index (κ3) is 5.70. The van der Waals surface area contributed by atoms with Gasteiger partial charge in [0.15, 0.2) is 11.5 Å². The maximum atomic E-state index is 12.9. The van der Waals surface area contributed by atoms with Crippen LogP contribution < -0.4 is 14.8 Å². The molecule has 0 radical (unpaired) electrons. The second-order valence-electron chi connectivity index (χ2n) is 8.99. The molecule has 2 heterocycles. The molecule has 0 aromatic heterocycles. The number of nitrogens with zero attached hydrogens (tertiary/aromatic N) is 2. The number of nitrogens with one attached hydrogen (secondary N) is 1. The Morgan fingerprint density at radius 2 is 1.90 bits per heavy atom. The van der Waals surface area contributed by atoms with Crippen molar-refractivity contribution >= 4 is 5.91 Å². The zero-order chi connectivity index (χ0) is 21.5. The van der Waals surface area contributed by atoms with E-state index in [1.807, 2.05) is 24.3 Å². The molecule has 172 valence electrons. The average Bonchev–Trinajstić information content (AvgIpc) is 2.83. The van der Waals surface area contributed by atoms with E-state index in [4.69, 9.17) is 14.2 Å². The van der Waals surface area contributed by atoms with E-state index in [0.29, 0.717) is 19.7 Å². The minimum Gasteiger partial charge on any atom is -0.486 e. The summed E-state index contributed by atoms with van der Waals surface area (Å²) in [7, 11) is 0. The molecule has 7 nitrogen and oxygen atoms in total. The third-order valence-corrected chi connectivity index (χ3v) is 6.92. The highest BCUT2D eigenvalue weighted by molar-refractivity contribution is 5.78. The number of carbonyl (C=O) groups excluding carboxylic acids is 1. The first-order chi connectivity index (χ1) is 15.2. The minimum absolute atomic E-state index is 0.0688. The number of likely N-dealkylation sites (N-methyl/N-ethyl adjacent to an activating group) is 1. The van der Waals surface area contributed by atoms with E-state index in [1.165, 1.54) is 19.3 Å². The maximum Gasteiger partial charge on any atom is 0.234 e. The smallest absolute Gasteiger partial charge is 0.234 e. The standard InChI is InChI=1S/C24H37N3O4/c1-2-26(16-20-18-30-21-8-4-5-9-22(21)31-20)17-23(28)25-19-24(10-6-3-7-11-24)27-12-14-29-15-13-27/h4-5,8-9,20H,2-3,6-7,10-19H2,1H3,(H,25,28). The molecule has 1 aromatic rings. The molecule has 2 fully saturated rings. The van der Waals surface area contributed by atoms with Gasteiger partial charge in [0.25, 0.3) is 0 Å². The van der Waals surface area contributed by atoms with Crippen molar-refractivity contribution in [3.8, 4) is 11.5 Å². The van der Waals surface area contributed by atoms with Gasteiger partial charge < -0.3 is 19.5 Å². The molecule has 0 bridgehead atoms. The zero-order valence-corrected chi connectivity index (χ0v) is 18.8. The van der Waals surface area contributed by atoms with Gasteiger partial charge in [-0.1, -0.05) is 38.3 Å². The first-order valence-corrected chi connectivity index (χ1v) is 11.9. The number of carbonyl (C=O) groups is 1. The number of fused-ring (bicyclic) bond motifs is 1. The van der Waals surface area contributed by atoms with Crippen molar-refractivity contribution in [3.05, 3.63) is 24.3 Å². The average molecular weight is 432 g/mol. The van der Waals surface area contributed by atoms with E-state index in [9.17, 15) is 4.79 Å². The van der Waals surface area contributed by atoms with Gasteiger partial charge in [0.2, 0.25) is 5.91 Å². The van der Waals surface area contributed by atoms with Gasteiger partial charge in [-0.25, -0.2) is 0 Å². The Morgan fingerprint density at radius 1 is 1.16 bits per heavy atom. The van der Waals surface area contributed by atoms with Crippen molar-refractivity contribution in [1.29, 1.82) is 0 Å². The molecular formula is C24H37N3O4. The molecule has 1 N–H and O–H groups in total. The molecule has 1 atom stereocenters. The third-order valence-electron chi connectivity index (χ3n) is 6.92. The number of hydrogen-bond donors (Lipinski definition) is 1. The predicted molar refractivity (Wildman–Crippen MR) is 120 cm³/mol. The molecule has 1 unspecified atom stereocenters. The van der Waals surface area contributed by atoms with Gasteiger partial charge in [0, 0.05) is 31.7 Å². The summed E-state index contributed by atoms with van der Waals surface area (Å²) in [6.07, 6.45) is 6.05. The summed E-state index contributed by atoms with van der Waals surface area (Å²) in [5.41, 5.74) is 0.0960. The molecule has 3 aliphatic rings. The van der Waals surface area contributed by atoms with Crippen LogP contribution >= 0.6 is 0 Å². The number of benzene rings is 1. The topological polar surface area (TPSA) is 63.3 Å². The number of ether oxygens (including phenoxy) is 3. The fourth-order valence-corrected chi connectivity index (χ4v) is 5.12. The van der Waals surface area contributed by atoms with Crippen LogP contribution in [0.1, 0.15) is 39.0 Å². The molecule has 4 rings (SSSR count). The molecule has 1 aromatic carbocycles. The van der Waals surface area contributed by atoms with Crippen LogP contribution in [0.4, 0.5) is 0 Å². The van der Waals surface area contributed by atoms with E-state index >= 15 is 0 Å². The summed E-state index contributed by atoms with van der Waals surface area (Å²) in [6, 6.07) is 7.75. The van der Waals surface area contributed by atoms with Gasteiger partial charge in [0.05, 0.1) is 19.8 Å². The van der Waals surface area contributed by atoms with Gasteiger partial charge in [-0.3, -0.25) is 14.6 Å². The van der Waals surface area contributed by atoms with Crippen molar-refractivity contribution < 1.29 is 19.0 Å². The lowest BCUT2D eigenvalue weighted by Gasteiger charge is -2.48. The molecule has 7 heteroatoms. The molecule has 0 spiro atoms. The highest BCUT2D eigenvalue weighted by atomic mass is 16.6. The number of para-hydroxylation sites is 2. The van der Waals surface area contributed by atoms with E-state index in [1.54, 1.807) is 0 Å². The second kappa shape index (κ2) is 10.7. The van der Waals surface area contributed by atoms with E-state index in [0.717, 1.165) is 63.7 Å². The van der Waals surface area contributed by atoms with Crippen LogP contribution in [0.25, 0.3) is 0 Å². The summed E-state index contributed by atoms with van der Waals surface area (Å²) >= 11 is 0. The lowest BCUT2D eigenvalue weighted by Crippen LogP contribution is -2.60. The Balaban J connectivity index is 1.28. The lowest BCUT2D eigenvalue weighted by molar-refractivity contribution is -0.123. The van der Waals surface area contributed by atoms with Crippen molar-refractivity contribution in [2.24, 2.45) is 0 Å². The molecule has 2 aliphatic heterocycles. The number of amides is 1. The van der Waals surface area contributed by atoms with Gasteiger partial charge >= 0.3 is 0 Å². The van der Waals surface area contributed by atoms with Gasteiger partial charge in [-0.2, -0.15) is 0 Å². The summed E-state index contributed by atoms with van der Waals surface area (Å²) in [5, 5.41) is 3.27. The second-order valence-corrected chi connectivity index (χ2v) is 8.99. The van der Waals surface area contributed by atoms with Crippen LogP contribution in [0.15, 0.2) is 24.3 Å². The van der Waals surface area contributed by atoms with Crippen LogP contribution in [-0.2, 0) is 9.53 Å². The van der Waals surface area contributed by atoms with Gasteiger partial charge in [-0.05, 0) is 31.5 Å². The van der Waals surface area contributed by atoms with Gasteiger partial charge in [-0.15, -0.1) is 0 Å². The quantitative estimate of drug-likeness (QED) is 0.682. The molecule has 1 saturated carbocycles. The monoisotopic (exact) mass is 431 g/mol. The normalized spacial score (nSPS) is 23.5. The maximum absolute atomic E-state index is 12.9. The van der Waals surface area contributed by atoms with Crippen LogP contribution in [0.2, 0.25) is 0 Å². The first kappa shape index (κ1) is 22.4. The van der Waals surface area contributed by atoms with Crippen LogP contribution in [-0.4, -0.2) is 86.4 Å². The van der Waals surface area contributed by atoms with Crippen molar-refractivity contribution in [2.75, 3.05) is 59.1 Å². The van der Waals surface area contributed by atoms with Gasteiger partial charge in [0.1, 0.15) is 12.7 Å². The Labute approximate surface area is 186 Å². The van der Waals surface area contributed by atoms with E-state index in [2.05, 4.69) is 22.0 Å². The largest absolute Gasteiger partial charge is 0.486 e. The summed E-state index contributed by atoms with van der Waals surface area (Å²) in [4.78, 5) is 17.6. The Hall–Kier alpha value is -1.83. The highest BCUT2D eigenvalue weighted by Gasteiger charge is 2.38. The van der Waals surface area contributed by atoms with Crippen molar-refractivity contribution in [1.82, 2.24) is 15.1 Å². The highest BCUT2D eigenvalue weighted by Crippen LogP contribution is 2.34. The van der Waals surface area contributed by atoms with Crippen LogP contribution in [0, 0.1) is 0 Å². The summed E-state index contributed by atoms with van der Waals surface area (Å²) in [5.74, 6) is 1.67. The molecule has 31 heavy (non-hydrogen) atoms. The number of rotatable bonds is 8. The Kier molecular flexibility index (Phi) is 7.69. The summed E-state index contributed by atoms with van der Waals surface area (Å²) < 4.78 is 17.5. The van der Waals surface area contributed by atoms with Crippen molar-refractivity contribution in [2.45, 2.75) is 50.7 Å². The van der Waals surface area contributed by atoms with Crippen LogP contribution in [0.5, 0.6) is 11.5 Å². The Bertz CT molecular complexity index is 717. The molecular weight excluding hydrogens is 394 g/mol. The Morgan fingerprint density at radius 3 is 2.65 bits per heavy atom. The zero-order valence-electron chi connectivity index (χ0n) is 18.8. The molecule has 1 amide bonds. The fourth-order valence-electron chi connectivity index (χ4n) is 5.12. The van der Waals surface area contributed by atoms with E-state index < -0.39 is 0 Å². The number of morpholine rings is 1. The fraction of sp³-hybridized carbons (Fsp3) is 0.708. The predicted octanol–water partition coefficient (Wildman–Crippen LogP) is 2.30. The minimum atomic E-state index is -0.0688. The van der Waals surface area contributed by atoms with Crippen LogP contribution in [0.3, 0.4) is 0 Å².